The van der Waals surface area contributed by atoms with Crippen LogP contribution in [0.1, 0.15) is 31.5 Å². The van der Waals surface area contributed by atoms with Gasteiger partial charge in [0.2, 0.25) is 0 Å². The van der Waals surface area contributed by atoms with Crippen LogP contribution in [0.4, 0.5) is 5.69 Å². The highest BCUT2D eigenvalue weighted by molar-refractivity contribution is 5.97. The van der Waals surface area contributed by atoms with Crippen molar-refractivity contribution in [2.24, 2.45) is 0 Å². The lowest BCUT2D eigenvalue weighted by molar-refractivity contribution is 0.397. The van der Waals surface area contributed by atoms with Crippen LogP contribution >= 0.6 is 0 Å². The third-order valence-electron chi connectivity index (χ3n) is 3.71. The lowest BCUT2D eigenvalue weighted by Gasteiger charge is -2.17. The van der Waals surface area contributed by atoms with E-state index in [0.29, 0.717) is 0 Å². The maximum atomic E-state index is 5.50. The summed E-state index contributed by atoms with van der Waals surface area (Å²) < 4.78 is 10.9. The molecule has 114 valence electrons. The Morgan fingerprint density at radius 2 is 1.90 bits per heavy atom. The molecule has 0 amide bonds. The Hall–Kier alpha value is -1.97. The smallest absolute Gasteiger partial charge is 0.148 e. The van der Waals surface area contributed by atoms with Crippen molar-refractivity contribution in [3.63, 3.8) is 0 Å². The zero-order valence-corrected chi connectivity index (χ0v) is 13.5. The molecule has 0 aliphatic heterocycles. The Bertz CT molecular complexity index is 638. The summed E-state index contributed by atoms with van der Waals surface area (Å²) in [5, 5.41) is 4.58. The zero-order chi connectivity index (χ0) is 15.4. The van der Waals surface area contributed by atoms with Gasteiger partial charge in [0.15, 0.2) is 0 Å². The van der Waals surface area contributed by atoms with E-state index in [-0.39, 0.29) is 0 Å². The summed E-state index contributed by atoms with van der Waals surface area (Å²) in [4.78, 5) is 4.79. The fourth-order valence-electron chi connectivity index (χ4n) is 2.55. The van der Waals surface area contributed by atoms with Gasteiger partial charge >= 0.3 is 0 Å². The van der Waals surface area contributed by atoms with E-state index >= 15 is 0 Å². The third-order valence-corrected chi connectivity index (χ3v) is 3.71. The summed E-state index contributed by atoms with van der Waals surface area (Å²) in [7, 11) is 3.33. The highest BCUT2D eigenvalue weighted by atomic mass is 16.5. The van der Waals surface area contributed by atoms with Crippen molar-refractivity contribution in [2.75, 3.05) is 26.1 Å². The Morgan fingerprint density at radius 1 is 1.14 bits per heavy atom. The van der Waals surface area contributed by atoms with E-state index in [1.165, 1.54) is 5.56 Å². The van der Waals surface area contributed by atoms with E-state index in [4.69, 9.17) is 14.5 Å². The number of pyridine rings is 1. The fraction of sp³-hybridized carbons (Fsp3) is 0.471. The van der Waals surface area contributed by atoms with Gasteiger partial charge in [-0.05, 0) is 31.4 Å². The number of ether oxygens (including phenoxy) is 2. The summed E-state index contributed by atoms with van der Waals surface area (Å²) >= 11 is 0. The SMILES string of the molecule is CCCNc1c(C)c(CC)nc2c(OC)cc(OC)cc12. The second kappa shape index (κ2) is 6.66. The molecule has 2 aromatic rings. The molecule has 0 spiro atoms. The van der Waals surface area contributed by atoms with Crippen molar-refractivity contribution in [3.05, 3.63) is 23.4 Å². The number of nitrogens with zero attached hydrogens (tertiary/aromatic N) is 1. The number of hydrogen-bond donors (Lipinski definition) is 1. The Kier molecular flexibility index (Phi) is 4.89. The standard InChI is InChI=1S/C17H24N2O2/c1-6-8-18-16-11(3)14(7-2)19-17-13(16)9-12(20-4)10-15(17)21-5/h9-10H,6-8H2,1-5H3,(H,18,19). The molecule has 0 fully saturated rings. The van der Waals surface area contributed by atoms with Gasteiger partial charge in [-0.25, -0.2) is 4.98 Å². The summed E-state index contributed by atoms with van der Waals surface area (Å²) in [6.07, 6.45) is 1.98. The first kappa shape index (κ1) is 15.4. The molecule has 21 heavy (non-hydrogen) atoms. The van der Waals surface area contributed by atoms with Gasteiger partial charge < -0.3 is 14.8 Å². The molecule has 1 aromatic carbocycles. The molecular weight excluding hydrogens is 264 g/mol. The summed E-state index contributed by atoms with van der Waals surface area (Å²) in [5.74, 6) is 1.53. The molecule has 4 nitrogen and oxygen atoms in total. The number of aromatic nitrogens is 1. The van der Waals surface area contributed by atoms with E-state index in [1.807, 2.05) is 12.1 Å². The van der Waals surface area contributed by atoms with Crippen LogP contribution < -0.4 is 14.8 Å². The molecule has 4 heteroatoms. The summed E-state index contributed by atoms with van der Waals surface area (Å²) in [6.45, 7) is 7.34. The summed E-state index contributed by atoms with van der Waals surface area (Å²) in [6, 6.07) is 3.91. The maximum absolute atomic E-state index is 5.50. The first-order valence-corrected chi connectivity index (χ1v) is 7.45. The van der Waals surface area contributed by atoms with Gasteiger partial charge in [-0.2, -0.15) is 0 Å². The Labute approximate surface area is 126 Å². The number of nitrogens with one attached hydrogen (secondary N) is 1. The number of rotatable bonds is 6. The topological polar surface area (TPSA) is 43.4 Å². The van der Waals surface area contributed by atoms with Crippen LogP contribution in [0.25, 0.3) is 10.9 Å². The molecule has 1 heterocycles. The van der Waals surface area contributed by atoms with Gasteiger partial charge in [-0.3, -0.25) is 0 Å². The van der Waals surface area contributed by atoms with Crippen LogP contribution in [-0.2, 0) is 6.42 Å². The van der Waals surface area contributed by atoms with Crippen LogP contribution in [0.5, 0.6) is 11.5 Å². The van der Waals surface area contributed by atoms with Crippen molar-refractivity contribution in [2.45, 2.75) is 33.6 Å². The minimum atomic E-state index is 0.749. The molecule has 0 aliphatic carbocycles. The quantitative estimate of drug-likeness (QED) is 0.874. The Balaban J connectivity index is 2.77. The van der Waals surface area contributed by atoms with Gasteiger partial charge in [-0.1, -0.05) is 13.8 Å². The first-order chi connectivity index (χ1) is 10.2. The molecule has 2 rings (SSSR count). The largest absolute Gasteiger partial charge is 0.497 e. The van der Waals surface area contributed by atoms with Gasteiger partial charge in [-0.15, -0.1) is 0 Å². The number of aryl methyl sites for hydroxylation is 1. The number of benzene rings is 1. The number of methoxy groups -OCH3 is 2. The molecule has 0 saturated carbocycles. The second-order valence-corrected chi connectivity index (χ2v) is 5.06. The molecule has 0 unspecified atom stereocenters. The lowest BCUT2D eigenvalue weighted by atomic mass is 10.0. The molecule has 1 aromatic heterocycles. The van der Waals surface area contributed by atoms with Crippen molar-refractivity contribution < 1.29 is 9.47 Å². The van der Waals surface area contributed by atoms with Crippen molar-refractivity contribution in [1.29, 1.82) is 0 Å². The van der Waals surface area contributed by atoms with Gasteiger partial charge in [0.1, 0.15) is 17.0 Å². The van der Waals surface area contributed by atoms with E-state index in [1.54, 1.807) is 14.2 Å². The minimum Gasteiger partial charge on any atom is -0.497 e. The monoisotopic (exact) mass is 288 g/mol. The average molecular weight is 288 g/mol. The van der Waals surface area contributed by atoms with Gasteiger partial charge in [0.25, 0.3) is 0 Å². The van der Waals surface area contributed by atoms with Gasteiger partial charge in [0.05, 0.1) is 14.2 Å². The van der Waals surface area contributed by atoms with Crippen molar-refractivity contribution in [1.82, 2.24) is 4.98 Å². The van der Waals surface area contributed by atoms with Crippen LogP contribution in [0.3, 0.4) is 0 Å². The van der Waals surface area contributed by atoms with E-state index < -0.39 is 0 Å². The molecule has 0 radical (unpaired) electrons. The predicted molar refractivity (Wildman–Crippen MR) is 87.7 cm³/mol. The molecular formula is C17H24N2O2. The van der Waals surface area contributed by atoms with Crippen molar-refractivity contribution in [3.8, 4) is 11.5 Å². The molecule has 1 N–H and O–H groups in total. The second-order valence-electron chi connectivity index (χ2n) is 5.06. The fourth-order valence-corrected chi connectivity index (χ4v) is 2.55. The minimum absolute atomic E-state index is 0.749. The van der Waals surface area contributed by atoms with E-state index in [2.05, 4.69) is 26.1 Å². The van der Waals surface area contributed by atoms with E-state index in [0.717, 1.165) is 53.2 Å². The van der Waals surface area contributed by atoms with Crippen LogP contribution in [0, 0.1) is 6.92 Å². The number of hydrogen-bond acceptors (Lipinski definition) is 4. The number of fused-ring (bicyclic) bond motifs is 1. The van der Waals surface area contributed by atoms with Crippen LogP contribution in [-0.4, -0.2) is 25.7 Å². The predicted octanol–water partition coefficient (Wildman–Crippen LogP) is 3.94. The molecule has 0 aliphatic rings. The number of anilines is 1. The van der Waals surface area contributed by atoms with E-state index in [9.17, 15) is 0 Å². The first-order valence-electron chi connectivity index (χ1n) is 7.45. The normalized spacial score (nSPS) is 10.7. The van der Waals surface area contributed by atoms with Crippen LogP contribution in [0.15, 0.2) is 12.1 Å². The molecule has 0 saturated heterocycles. The summed E-state index contributed by atoms with van der Waals surface area (Å²) in [5.41, 5.74) is 4.33. The average Bonchev–Trinajstić information content (AvgIpc) is 2.52. The highest BCUT2D eigenvalue weighted by Gasteiger charge is 2.15. The molecule has 0 bridgehead atoms. The van der Waals surface area contributed by atoms with Crippen molar-refractivity contribution >= 4 is 16.6 Å². The Morgan fingerprint density at radius 3 is 2.48 bits per heavy atom. The van der Waals surface area contributed by atoms with Gasteiger partial charge in [0, 0.05) is 29.4 Å². The third kappa shape index (κ3) is 2.89. The maximum Gasteiger partial charge on any atom is 0.148 e. The lowest BCUT2D eigenvalue weighted by Crippen LogP contribution is -2.06. The highest BCUT2D eigenvalue weighted by Crippen LogP contribution is 2.36. The van der Waals surface area contributed by atoms with Crippen LogP contribution in [0.2, 0.25) is 0 Å². The zero-order valence-electron chi connectivity index (χ0n) is 13.5. The molecule has 0 atom stereocenters.